The molecule has 0 saturated heterocycles. The van der Waals surface area contributed by atoms with E-state index in [4.69, 9.17) is 10.5 Å². The van der Waals surface area contributed by atoms with Crippen molar-refractivity contribution in [1.82, 2.24) is 5.32 Å². The third-order valence-corrected chi connectivity index (χ3v) is 1.46. The first-order valence-electron chi connectivity index (χ1n) is 4.73. The molecular weight excluding hydrogens is 246 g/mol. The summed E-state index contributed by atoms with van der Waals surface area (Å²) in [7, 11) is 5.40. The van der Waals surface area contributed by atoms with Crippen LogP contribution in [0.15, 0.2) is 0 Å². The maximum atomic E-state index is 10.0. The molecule has 0 spiro atoms. The summed E-state index contributed by atoms with van der Waals surface area (Å²) in [6, 6.07) is -0.741. The predicted octanol–water partition coefficient (Wildman–Crippen LogP) is -1.64. The third kappa shape index (κ3) is 17.3. The maximum Gasteiger partial charge on any atom is 0.325 e. The smallest absolute Gasteiger partial charge is 0.325 e. The van der Waals surface area contributed by atoms with Crippen molar-refractivity contribution in [2.75, 3.05) is 27.7 Å². The summed E-state index contributed by atoms with van der Waals surface area (Å²) in [5.41, 5.74) is 0. The summed E-state index contributed by atoms with van der Waals surface area (Å²) in [4.78, 5) is 19.9. The van der Waals surface area contributed by atoms with Gasteiger partial charge >= 0.3 is 5.97 Å². The molecule has 0 radical (unpaired) electrons. The number of amidine groups is 1. The highest BCUT2D eigenvalue weighted by Gasteiger charge is 2.08. The fourth-order valence-electron chi connectivity index (χ4n) is 0.654. The second-order valence-corrected chi connectivity index (χ2v) is 4.82. The highest BCUT2D eigenvalue weighted by molar-refractivity contribution is 7.96. The Hall–Kier alpha value is -1.28. The number of hydrogen-bond donors (Lipinski definition) is 4. The SMILES string of the molecule is CC(NC(=N)S)C(=O)O.C[N+](C)(C)CC(=O)[O-]. The van der Waals surface area contributed by atoms with E-state index in [1.165, 1.54) is 6.92 Å². The number of nitrogens with zero attached hydrogens (tertiary/aromatic N) is 1. The standard InChI is InChI=1S/C5H11NO2.C4H8N2O2S/c1-6(2,3)4-5(7)8;1-2(3(7)8)6-4(5)9/h4H2,1-3H3;2H,1H3,(H,7,8)(H3,5,6,9). The van der Waals surface area contributed by atoms with E-state index in [-0.39, 0.29) is 11.7 Å². The molecular formula is C9H19N3O4S. The molecule has 0 saturated carbocycles. The number of carboxylic acids is 2. The number of carboxylic acid groups (broad SMARTS) is 2. The van der Waals surface area contributed by atoms with Gasteiger partial charge in [-0.2, -0.15) is 0 Å². The van der Waals surface area contributed by atoms with E-state index in [1.54, 1.807) is 21.1 Å². The van der Waals surface area contributed by atoms with Crippen molar-refractivity contribution in [3.05, 3.63) is 0 Å². The topological polar surface area (TPSA) is 113 Å². The fraction of sp³-hybridized carbons (Fsp3) is 0.667. The summed E-state index contributed by atoms with van der Waals surface area (Å²) in [6.45, 7) is 1.51. The zero-order valence-corrected chi connectivity index (χ0v) is 11.2. The van der Waals surface area contributed by atoms with Crippen LogP contribution < -0.4 is 10.4 Å². The van der Waals surface area contributed by atoms with Gasteiger partial charge in [0.15, 0.2) is 5.17 Å². The second-order valence-electron chi connectivity index (χ2n) is 4.37. The average molecular weight is 265 g/mol. The van der Waals surface area contributed by atoms with Gasteiger partial charge in [0.05, 0.1) is 27.1 Å². The summed E-state index contributed by atoms with van der Waals surface area (Å²) in [6.07, 6.45) is 0. The molecule has 8 heteroatoms. The van der Waals surface area contributed by atoms with Crippen molar-refractivity contribution in [3.8, 4) is 0 Å². The van der Waals surface area contributed by atoms with Gasteiger partial charge in [-0.3, -0.25) is 10.2 Å². The number of rotatable bonds is 4. The molecule has 0 aromatic heterocycles. The van der Waals surface area contributed by atoms with E-state index in [1.807, 2.05) is 0 Å². The molecule has 7 nitrogen and oxygen atoms in total. The van der Waals surface area contributed by atoms with Crippen molar-refractivity contribution in [2.24, 2.45) is 0 Å². The van der Waals surface area contributed by atoms with Gasteiger partial charge in [0, 0.05) is 0 Å². The predicted molar refractivity (Wildman–Crippen MR) is 64.9 cm³/mol. The molecule has 0 amide bonds. The van der Waals surface area contributed by atoms with Gasteiger partial charge in [0.1, 0.15) is 12.6 Å². The van der Waals surface area contributed by atoms with Crippen LogP contribution >= 0.6 is 12.6 Å². The highest BCUT2D eigenvalue weighted by Crippen LogP contribution is 1.85. The van der Waals surface area contributed by atoms with E-state index in [9.17, 15) is 14.7 Å². The molecule has 1 unspecified atom stereocenters. The first-order chi connectivity index (χ1) is 7.45. The fourth-order valence-corrected chi connectivity index (χ4v) is 0.848. The van der Waals surface area contributed by atoms with Crippen LogP contribution in [0, 0.1) is 5.41 Å². The first kappa shape index (κ1) is 18.1. The van der Waals surface area contributed by atoms with E-state index in [0.717, 1.165) is 0 Å². The van der Waals surface area contributed by atoms with Crippen LogP contribution in [0.3, 0.4) is 0 Å². The van der Waals surface area contributed by atoms with Gasteiger partial charge in [-0.1, -0.05) is 0 Å². The third-order valence-electron chi connectivity index (χ3n) is 1.33. The lowest BCUT2D eigenvalue weighted by Crippen LogP contribution is -2.45. The molecule has 0 aliphatic heterocycles. The Bertz CT molecular complexity index is 288. The van der Waals surface area contributed by atoms with E-state index < -0.39 is 18.0 Å². The van der Waals surface area contributed by atoms with Gasteiger partial charge in [-0.25, -0.2) is 0 Å². The Balaban J connectivity index is 0. The summed E-state index contributed by atoms with van der Waals surface area (Å²) in [5, 5.41) is 27.0. The minimum atomic E-state index is -1.00. The minimum Gasteiger partial charge on any atom is -0.544 e. The number of quaternary nitrogens is 1. The molecule has 0 rings (SSSR count). The number of carbonyl (C=O) groups is 2. The van der Waals surface area contributed by atoms with Crippen molar-refractivity contribution >= 4 is 29.7 Å². The molecule has 0 bridgehead atoms. The number of nitrogens with one attached hydrogen (secondary N) is 2. The minimum absolute atomic E-state index is 0.0694. The lowest BCUT2D eigenvalue weighted by atomic mass is 10.4. The monoisotopic (exact) mass is 265 g/mol. The van der Waals surface area contributed by atoms with Crippen LogP contribution in [-0.4, -0.2) is 60.4 Å². The zero-order valence-electron chi connectivity index (χ0n) is 10.4. The quantitative estimate of drug-likeness (QED) is 0.211. The Morgan fingerprint density at radius 1 is 1.47 bits per heavy atom. The van der Waals surface area contributed by atoms with Gasteiger partial charge in [0.25, 0.3) is 0 Å². The highest BCUT2D eigenvalue weighted by atomic mass is 32.1. The largest absolute Gasteiger partial charge is 0.544 e. The second kappa shape index (κ2) is 7.91. The molecule has 0 aromatic rings. The lowest BCUT2D eigenvalue weighted by Gasteiger charge is -2.23. The first-order valence-corrected chi connectivity index (χ1v) is 5.17. The summed E-state index contributed by atoms with van der Waals surface area (Å²) >= 11 is 3.54. The van der Waals surface area contributed by atoms with Gasteiger partial charge in [-0.15, -0.1) is 12.6 Å². The molecule has 3 N–H and O–H groups in total. The molecule has 0 aromatic carbocycles. The number of likely N-dealkylation sites (N-methyl/N-ethyl adjacent to an activating group) is 1. The van der Waals surface area contributed by atoms with Crippen LogP contribution in [0.25, 0.3) is 0 Å². The molecule has 100 valence electrons. The molecule has 0 heterocycles. The van der Waals surface area contributed by atoms with E-state index in [0.29, 0.717) is 4.48 Å². The number of hydrogen-bond acceptors (Lipinski definition) is 4. The number of thiol groups is 1. The lowest BCUT2D eigenvalue weighted by molar-refractivity contribution is -0.864. The van der Waals surface area contributed by atoms with Gasteiger partial charge in [-0.05, 0) is 6.92 Å². The van der Waals surface area contributed by atoms with Crippen LogP contribution in [0.4, 0.5) is 0 Å². The van der Waals surface area contributed by atoms with Crippen LogP contribution in [0.5, 0.6) is 0 Å². The Kier molecular flexibility index (Phi) is 8.42. The molecule has 0 fully saturated rings. The molecule has 0 aliphatic carbocycles. The molecule has 17 heavy (non-hydrogen) atoms. The Labute approximate surface area is 106 Å². The van der Waals surface area contributed by atoms with Crippen molar-refractivity contribution in [1.29, 1.82) is 5.41 Å². The Morgan fingerprint density at radius 3 is 1.94 bits per heavy atom. The van der Waals surface area contributed by atoms with Crippen molar-refractivity contribution in [2.45, 2.75) is 13.0 Å². The van der Waals surface area contributed by atoms with Crippen molar-refractivity contribution < 1.29 is 24.3 Å². The van der Waals surface area contributed by atoms with Crippen LogP contribution in [0.2, 0.25) is 0 Å². The molecule has 1 atom stereocenters. The molecule has 0 aliphatic rings. The van der Waals surface area contributed by atoms with Crippen LogP contribution in [-0.2, 0) is 9.59 Å². The average Bonchev–Trinajstić information content (AvgIpc) is 1.98. The van der Waals surface area contributed by atoms with E-state index in [2.05, 4.69) is 17.9 Å². The van der Waals surface area contributed by atoms with Gasteiger partial charge in [0.2, 0.25) is 0 Å². The van der Waals surface area contributed by atoms with Gasteiger partial charge < -0.3 is 24.8 Å². The Morgan fingerprint density at radius 2 is 1.88 bits per heavy atom. The summed E-state index contributed by atoms with van der Waals surface area (Å²) < 4.78 is 0.419. The zero-order chi connectivity index (χ0) is 14.2. The van der Waals surface area contributed by atoms with Crippen molar-refractivity contribution in [3.63, 3.8) is 0 Å². The number of aliphatic carboxylic acids is 2. The normalized spacial score (nSPS) is 11.8. The van der Waals surface area contributed by atoms with E-state index >= 15 is 0 Å². The summed E-state index contributed by atoms with van der Waals surface area (Å²) in [5.74, 6) is -1.99. The number of carbonyl (C=O) groups excluding carboxylic acids is 1. The van der Waals surface area contributed by atoms with Crippen LogP contribution in [0.1, 0.15) is 6.92 Å². The maximum absolute atomic E-state index is 10.0.